The first-order valence-corrected chi connectivity index (χ1v) is 6.07. The number of allylic oxidation sites excluding steroid dienone is 1. The van der Waals surface area contributed by atoms with Crippen LogP contribution < -0.4 is 5.14 Å². The van der Waals surface area contributed by atoms with E-state index in [0.717, 1.165) is 18.2 Å². The highest BCUT2D eigenvalue weighted by Gasteiger charge is 2.35. The standard InChI is InChI=1S/C10H8F3NO3S/c11-10(12,13)9(15)6-3-7-1-4-8(5-2-7)18(14,16)17/h1-6H,(H2,14,16,17)/b6-3+. The molecular weight excluding hydrogens is 271 g/mol. The summed E-state index contributed by atoms with van der Waals surface area (Å²) in [5, 5.41) is 4.84. The number of ketones is 1. The Balaban J connectivity index is 2.89. The number of hydrogen-bond donors (Lipinski definition) is 1. The van der Waals surface area contributed by atoms with Gasteiger partial charge in [-0.1, -0.05) is 18.2 Å². The van der Waals surface area contributed by atoms with Crippen LogP contribution in [0, 0.1) is 0 Å². The summed E-state index contributed by atoms with van der Waals surface area (Å²) in [5.74, 6) is -1.99. The van der Waals surface area contributed by atoms with E-state index < -0.39 is 22.0 Å². The molecule has 98 valence electrons. The predicted octanol–water partition coefficient (Wildman–Crippen LogP) is 1.48. The van der Waals surface area contributed by atoms with Crippen LogP contribution >= 0.6 is 0 Å². The number of sulfonamides is 1. The molecule has 0 aliphatic carbocycles. The summed E-state index contributed by atoms with van der Waals surface area (Å²) in [6, 6.07) is 4.74. The Kier molecular flexibility index (Phi) is 3.92. The Morgan fingerprint density at radius 1 is 1.17 bits per heavy atom. The predicted molar refractivity (Wildman–Crippen MR) is 57.9 cm³/mol. The van der Waals surface area contributed by atoms with Gasteiger partial charge < -0.3 is 0 Å². The topological polar surface area (TPSA) is 77.2 Å². The van der Waals surface area contributed by atoms with E-state index in [2.05, 4.69) is 0 Å². The van der Waals surface area contributed by atoms with Gasteiger partial charge in [0.25, 0.3) is 5.78 Å². The van der Waals surface area contributed by atoms with Gasteiger partial charge in [-0.25, -0.2) is 13.6 Å². The second-order valence-corrected chi connectivity index (χ2v) is 4.87. The molecule has 0 spiro atoms. The molecule has 0 saturated heterocycles. The molecule has 18 heavy (non-hydrogen) atoms. The molecule has 0 fully saturated rings. The summed E-state index contributed by atoms with van der Waals surface area (Å²) in [6.07, 6.45) is -3.62. The maximum atomic E-state index is 11.9. The molecular formula is C10H8F3NO3S. The Hall–Kier alpha value is -1.67. The van der Waals surface area contributed by atoms with E-state index in [-0.39, 0.29) is 10.5 Å². The lowest BCUT2D eigenvalue weighted by atomic mass is 10.2. The van der Waals surface area contributed by atoms with Crippen LogP contribution in [-0.4, -0.2) is 20.4 Å². The van der Waals surface area contributed by atoms with Gasteiger partial charge >= 0.3 is 6.18 Å². The van der Waals surface area contributed by atoms with Crippen LogP contribution in [0.2, 0.25) is 0 Å². The zero-order valence-electron chi connectivity index (χ0n) is 8.81. The van der Waals surface area contributed by atoms with Gasteiger partial charge in [0.15, 0.2) is 0 Å². The van der Waals surface area contributed by atoms with Gasteiger partial charge in [0.05, 0.1) is 4.90 Å². The summed E-state index contributed by atoms with van der Waals surface area (Å²) < 4.78 is 57.4. The zero-order valence-corrected chi connectivity index (χ0v) is 9.62. The van der Waals surface area contributed by atoms with Gasteiger partial charge in [-0.05, 0) is 23.8 Å². The fraction of sp³-hybridized carbons (Fsp3) is 0.100. The van der Waals surface area contributed by atoms with Crippen molar-refractivity contribution in [2.75, 3.05) is 0 Å². The molecule has 4 nitrogen and oxygen atoms in total. The van der Waals surface area contributed by atoms with Crippen LogP contribution in [0.15, 0.2) is 35.2 Å². The Labute approximate surface area is 101 Å². The third kappa shape index (κ3) is 3.97. The van der Waals surface area contributed by atoms with Gasteiger partial charge in [0.1, 0.15) is 0 Å². The highest BCUT2D eigenvalue weighted by atomic mass is 32.2. The van der Waals surface area contributed by atoms with Crippen molar-refractivity contribution in [1.29, 1.82) is 0 Å². The number of primary sulfonamides is 1. The number of halogens is 3. The molecule has 0 aliphatic rings. The number of rotatable bonds is 3. The third-order valence-corrected chi connectivity index (χ3v) is 2.84. The first-order valence-electron chi connectivity index (χ1n) is 4.53. The van der Waals surface area contributed by atoms with Crippen LogP contribution in [0.4, 0.5) is 13.2 Å². The van der Waals surface area contributed by atoms with E-state index in [9.17, 15) is 26.4 Å². The van der Waals surface area contributed by atoms with Crippen molar-refractivity contribution in [3.05, 3.63) is 35.9 Å². The second kappa shape index (κ2) is 4.91. The molecule has 8 heteroatoms. The maximum Gasteiger partial charge on any atom is 0.454 e. The Morgan fingerprint density at radius 3 is 2.06 bits per heavy atom. The lowest BCUT2D eigenvalue weighted by Crippen LogP contribution is -2.19. The Morgan fingerprint density at radius 2 is 1.67 bits per heavy atom. The molecule has 0 atom stereocenters. The number of benzene rings is 1. The van der Waals surface area contributed by atoms with Crippen molar-refractivity contribution in [1.82, 2.24) is 0 Å². The molecule has 0 aromatic heterocycles. The van der Waals surface area contributed by atoms with Crippen molar-refractivity contribution in [3.63, 3.8) is 0 Å². The molecule has 0 radical (unpaired) electrons. The van der Waals surface area contributed by atoms with Crippen LogP contribution in [0.1, 0.15) is 5.56 Å². The number of carbonyl (C=O) groups is 1. The van der Waals surface area contributed by atoms with Gasteiger partial charge in [0.2, 0.25) is 10.0 Å². The largest absolute Gasteiger partial charge is 0.454 e. The monoisotopic (exact) mass is 279 g/mol. The average molecular weight is 279 g/mol. The van der Waals surface area contributed by atoms with E-state index >= 15 is 0 Å². The van der Waals surface area contributed by atoms with Gasteiger partial charge in [0, 0.05) is 0 Å². The number of alkyl halides is 3. The maximum absolute atomic E-state index is 11.9. The second-order valence-electron chi connectivity index (χ2n) is 3.31. The Bertz CT molecular complexity index is 573. The molecule has 1 aromatic carbocycles. The first-order chi connectivity index (χ1) is 8.10. The molecule has 1 aromatic rings. The summed E-state index contributed by atoms with van der Waals surface area (Å²) in [5.41, 5.74) is 0.250. The van der Waals surface area contributed by atoms with Crippen LogP contribution in [-0.2, 0) is 14.8 Å². The van der Waals surface area contributed by atoms with Crippen molar-refractivity contribution in [3.8, 4) is 0 Å². The van der Waals surface area contributed by atoms with E-state index in [1.165, 1.54) is 12.1 Å². The lowest BCUT2D eigenvalue weighted by molar-refractivity contribution is -0.165. The van der Waals surface area contributed by atoms with E-state index in [1.54, 1.807) is 0 Å². The van der Waals surface area contributed by atoms with Crippen LogP contribution in [0.25, 0.3) is 6.08 Å². The minimum atomic E-state index is -4.92. The number of hydrogen-bond acceptors (Lipinski definition) is 3. The fourth-order valence-electron chi connectivity index (χ4n) is 1.04. The molecule has 0 bridgehead atoms. The lowest BCUT2D eigenvalue weighted by Gasteiger charge is -2.00. The van der Waals surface area contributed by atoms with E-state index in [1.807, 2.05) is 0 Å². The molecule has 0 saturated carbocycles. The summed E-state index contributed by atoms with van der Waals surface area (Å²) in [6.45, 7) is 0. The smallest absolute Gasteiger partial charge is 0.285 e. The van der Waals surface area contributed by atoms with Crippen molar-refractivity contribution in [2.45, 2.75) is 11.1 Å². The molecule has 0 unspecified atom stereocenters. The molecule has 2 N–H and O–H groups in total. The quantitative estimate of drug-likeness (QED) is 0.851. The van der Waals surface area contributed by atoms with Crippen LogP contribution in [0.5, 0.6) is 0 Å². The molecule has 1 rings (SSSR count). The summed E-state index contributed by atoms with van der Waals surface area (Å²) in [4.78, 5) is 10.4. The van der Waals surface area contributed by atoms with Crippen molar-refractivity contribution in [2.24, 2.45) is 5.14 Å². The van der Waals surface area contributed by atoms with Gasteiger partial charge in [-0.15, -0.1) is 0 Å². The highest BCUT2D eigenvalue weighted by Crippen LogP contribution is 2.17. The van der Waals surface area contributed by atoms with Gasteiger partial charge in [-0.2, -0.15) is 13.2 Å². The molecule has 0 heterocycles. The van der Waals surface area contributed by atoms with E-state index in [0.29, 0.717) is 6.08 Å². The molecule has 0 amide bonds. The molecule has 0 aliphatic heterocycles. The van der Waals surface area contributed by atoms with Crippen molar-refractivity contribution < 1.29 is 26.4 Å². The minimum Gasteiger partial charge on any atom is -0.285 e. The van der Waals surface area contributed by atoms with E-state index in [4.69, 9.17) is 5.14 Å². The van der Waals surface area contributed by atoms with Gasteiger partial charge in [-0.3, -0.25) is 4.79 Å². The number of carbonyl (C=O) groups excluding carboxylic acids is 1. The normalized spacial score (nSPS) is 12.9. The van der Waals surface area contributed by atoms with Crippen molar-refractivity contribution >= 4 is 21.9 Å². The zero-order chi connectivity index (χ0) is 14.0. The minimum absolute atomic E-state index is 0.165. The fourth-order valence-corrected chi connectivity index (χ4v) is 1.55. The highest BCUT2D eigenvalue weighted by molar-refractivity contribution is 7.89. The number of nitrogens with two attached hydrogens (primary N) is 1. The SMILES string of the molecule is NS(=O)(=O)c1ccc(/C=C/C(=O)C(F)(F)F)cc1. The third-order valence-electron chi connectivity index (χ3n) is 1.92. The van der Waals surface area contributed by atoms with Crippen LogP contribution in [0.3, 0.4) is 0 Å². The summed E-state index contributed by atoms with van der Waals surface area (Å²) in [7, 11) is -3.85. The first kappa shape index (κ1) is 14.4. The average Bonchev–Trinajstić information content (AvgIpc) is 2.24. The summed E-state index contributed by atoms with van der Waals surface area (Å²) >= 11 is 0.